The summed E-state index contributed by atoms with van der Waals surface area (Å²) in [7, 11) is 0. The molecule has 0 radical (unpaired) electrons. The fraction of sp³-hybridized carbons (Fsp3) is 0.500. The van der Waals surface area contributed by atoms with Crippen LogP contribution in [0.15, 0.2) is 14.8 Å². The van der Waals surface area contributed by atoms with E-state index in [4.69, 9.17) is 4.52 Å². The summed E-state index contributed by atoms with van der Waals surface area (Å²) in [5.41, 5.74) is 1.48. The average molecular weight is 280 g/mol. The maximum Gasteiger partial charge on any atom is 0.337 e. The smallest absolute Gasteiger partial charge is 0.337 e. The summed E-state index contributed by atoms with van der Waals surface area (Å²) < 4.78 is 4.77. The lowest BCUT2D eigenvalue weighted by Crippen LogP contribution is -2.11. The third kappa shape index (κ3) is 2.81. The van der Waals surface area contributed by atoms with Gasteiger partial charge >= 0.3 is 5.95 Å². The van der Waals surface area contributed by atoms with Crippen molar-refractivity contribution in [3.8, 4) is 5.95 Å². The van der Waals surface area contributed by atoms with Crippen LogP contribution in [0.5, 0.6) is 5.95 Å². The van der Waals surface area contributed by atoms with Crippen LogP contribution in [0.2, 0.25) is 0 Å². The van der Waals surface area contributed by atoms with Gasteiger partial charge in [0, 0.05) is 10.3 Å². The molecular formula is C12H16N4O2S. The molecule has 2 heterocycles. The van der Waals surface area contributed by atoms with Gasteiger partial charge in [0.05, 0.1) is 5.69 Å². The molecule has 102 valence electrons. The van der Waals surface area contributed by atoms with E-state index in [0.717, 1.165) is 10.6 Å². The lowest BCUT2D eigenvalue weighted by atomic mass is 9.91. The molecule has 19 heavy (non-hydrogen) atoms. The van der Waals surface area contributed by atoms with E-state index < -0.39 is 0 Å². The van der Waals surface area contributed by atoms with Gasteiger partial charge in [-0.05, 0) is 13.8 Å². The molecule has 1 N–H and O–H groups in total. The molecule has 7 heteroatoms. The van der Waals surface area contributed by atoms with Crippen LogP contribution in [-0.4, -0.2) is 15.2 Å². The van der Waals surface area contributed by atoms with Gasteiger partial charge < -0.3 is 9.63 Å². The fourth-order valence-electron chi connectivity index (χ4n) is 1.45. The van der Waals surface area contributed by atoms with Gasteiger partial charge in [-0.1, -0.05) is 37.3 Å². The second kappa shape index (κ2) is 4.73. The maximum atomic E-state index is 9.63. The van der Waals surface area contributed by atoms with Crippen molar-refractivity contribution in [3.05, 3.63) is 16.3 Å². The number of thiazole rings is 1. The molecule has 0 aliphatic carbocycles. The third-order valence-corrected chi connectivity index (χ3v) is 3.57. The van der Waals surface area contributed by atoms with Crippen molar-refractivity contribution in [2.75, 3.05) is 0 Å². The molecule has 0 saturated carbocycles. The number of nitrogens with zero attached hydrogens (tertiary/aromatic N) is 4. The third-order valence-electron chi connectivity index (χ3n) is 2.61. The van der Waals surface area contributed by atoms with Gasteiger partial charge in [-0.15, -0.1) is 10.2 Å². The molecule has 0 atom stereocenters. The normalized spacial score (nSPS) is 12.5. The van der Waals surface area contributed by atoms with Crippen LogP contribution in [0.4, 0.5) is 10.8 Å². The van der Waals surface area contributed by atoms with Crippen LogP contribution in [-0.2, 0) is 5.41 Å². The highest BCUT2D eigenvalue weighted by Gasteiger charge is 2.26. The second-order valence-electron chi connectivity index (χ2n) is 5.27. The maximum absolute atomic E-state index is 9.63. The van der Waals surface area contributed by atoms with E-state index in [1.807, 2.05) is 34.6 Å². The molecule has 0 unspecified atom stereocenters. The quantitative estimate of drug-likeness (QED) is 0.837. The lowest BCUT2D eigenvalue weighted by Gasteiger charge is -2.13. The summed E-state index contributed by atoms with van der Waals surface area (Å²) in [5.74, 6) is -0.321. The van der Waals surface area contributed by atoms with E-state index in [0.29, 0.717) is 10.8 Å². The average Bonchev–Trinajstić information content (AvgIpc) is 2.80. The number of aromatic hydroxyl groups is 1. The zero-order valence-corrected chi connectivity index (χ0v) is 12.4. The largest absolute Gasteiger partial charge is 0.478 e. The monoisotopic (exact) mass is 280 g/mol. The summed E-state index contributed by atoms with van der Waals surface area (Å²) in [6.45, 7) is 9.77. The van der Waals surface area contributed by atoms with Gasteiger partial charge in [0.1, 0.15) is 5.69 Å². The molecule has 0 aliphatic heterocycles. The molecule has 0 amide bonds. The van der Waals surface area contributed by atoms with E-state index in [1.54, 1.807) is 0 Å². The molecular weight excluding hydrogens is 264 g/mol. The first-order valence-electron chi connectivity index (χ1n) is 5.84. The van der Waals surface area contributed by atoms with E-state index in [1.165, 1.54) is 11.3 Å². The number of hydrogen-bond acceptors (Lipinski definition) is 7. The Morgan fingerprint density at radius 1 is 1.21 bits per heavy atom. The summed E-state index contributed by atoms with van der Waals surface area (Å²) in [6, 6.07) is 0. The highest BCUT2D eigenvalue weighted by molar-refractivity contribution is 7.15. The standard InChI is InChI=1S/C12H16N4O2S/c1-6-7(2)19-11(13-6)15-14-8-9(12(3,4)5)16-18-10(8)17/h17H,1-5H3. The van der Waals surface area contributed by atoms with Crippen molar-refractivity contribution in [2.24, 2.45) is 10.2 Å². The molecule has 2 rings (SSSR count). The first-order valence-corrected chi connectivity index (χ1v) is 6.65. The Kier molecular flexibility index (Phi) is 3.40. The Morgan fingerprint density at radius 2 is 1.89 bits per heavy atom. The summed E-state index contributed by atoms with van der Waals surface area (Å²) >= 11 is 1.45. The van der Waals surface area contributed by atoms with Gasteiger partial charge in [0.25, 0.3) is 0 Å². The molecule has 0 bridgehead atoms. The summed E-state index contributed by atoms with van der Waals surface area (Å²) in [6.07, 6.45) is 0. The predicted molar refractivity (Wildman–Crippen MR) is 72.6 cm³/mol. The highest BCUT2D eigenvalue weighted by atomic mass is 32.1. The number of azo groups is 1. The predicted octanol–water partition coefficient (Wildman–Crippen LogP) is 4.17. The van der Waals surface area contributed by atoms with Crippen LogP contribution in [0.3, 0.4) is 0 Å². The fourth-order valence-corrected chi connectivity index (χ4v) is 2.18. The Hall–Kier alpha value is -1.76. The minimum Gasteiger partial charge on any atom is -0.478 e. The van der Waals surface area contributed by atoms with Crippen LogP contribution in [0.1, 0.15) is 37.0 Å². The van der Waals surface area contributed by atoms with Crippen LogP contribution in [0, 0.1) is 13.8 Å². The van der Waals surface area contributed by atoms with Gasteiger partial charge in [0.15, 0.2) is 5.69 Å². The SMILES string of the molecule is Cc1nc(N=Nc2c(C(C)(C)C)noc2O)sc1C. The topological polar surface area (TPSA) is 83.9 Å². The van der Waals surface area contributed by atoms with Crippen LogP contribution in [0.25, 0.3) is 0 Å². The Balaban J connectivity index is 2.36. The van der Waals surface area contributed by atoms with Crippen molar-refractivity contribution in [3.63, 3.8) is 0 Å². The molecule has 0 saturated heterocycles. The van der Waals surface area contributed by atoms with Crippen molar-refractivity contribution in [2.45, 2.75) is 40.0 Å². The van der Waals surface area contributed by atoms with Crippen molar-refractivity contribution in [1.82, 2.24) is 10.1 Å². The van der Waals surface area contributed by atoms with E-state index in [2.05, 4.69) is 20.4 Å². The Labute approximate surface area is 115 Å². The van der Waals surface area contributed by atoms with Crippen LogP contribution < -0.4 is 0 Å². The van der Waals surface area contributed by atoms with E-state index in [-0.39, 0.29) is 17.0 Å². The minimum atomic E-state index is -0.321. The summed E-state index contributed by atoms with van der Waals surface area (Å²) in [4.78, 5) is 5.35. The highest BCUT2D eigenvalue weighted by Crippen LogP contribution is 2.38. The van der Waals surface area contributed by atoms with Gasteiger partial charge in [-0.2, -0.15) is 0 Å². The number of aryl methyl sites for hydroxylation is 2. The van der Waals surface area contributed by atoms with E-state index >= 15 is 0 Å². The van der Waals surface area contributed by atoms with Gasteiger partial charge in [-0.25, -0.2) is 4.98 Å². The number of hydrogen-bond donors (Lipinski definition) is 1. The molecule has 0 aromatic carbocycles. The van der Waals surface area contributed by atoms with Gasteiger partial charge in [-0.3, -0.25) is 0 Å². The first-order chi connectivity index (χ1) is 8.79. The molecule has 0 spiro atoms. The number of aromatic nitrogens is 2. The van der Waals surface area contributed by atoms with E-state index in [9.17, 15) is 5.11 Å². The Morgan fingerprint density at radius 3 is 2.42 bits per heavy atom. The number of rotatable bonds is 2. The lowest BCUT2D eigenvalue weighted by molar-refractivity contribution is 0.273. The van der Waals surface area contributed by atoms with Crippen molar-refractivity contribution < 1.29 is 9.63 Å². The molecule has 2 aromatic heterocycles. The molecule has 6 nitrogen and oxygen atoms in total. The molecule has 0 fully saturated rings. The summed E-state index contributed by atoms with van der Waals surface area (Å²) in [5, 5.41) is 22.1. The zero-order chi connectivity index (χ0) is 14.2. The zero-order valence-electron chi connectivity index (χ0n) is 11.6. The van der Waals surface area contributed by atoms with Crippen molar-refractivity contribution in [1.29, 1.82) is 0 Å². The second-order valence-corrected chi connectivity index (χ2v) is 6.45. The molecule has 2 aromatic rings. The Bertz CT molecular complexity index is 603. The first kappa shape index (κ1) is 13.7. The van der Waals surface area contributed by atoms with Crippen molar-refractivity contribution >= 4 is 22.2 Å². The minimum absolute atomic E-state index is 0.262. The van der Waals surface area contributed by atoms with Crippen LogP contribution >= 0.6 is 11.3 Å². The van der Waals surface area contributed by atoms with Gasteiger partial charge in [0.2, 0.25) is 5.13 Å². The molecule has 0 aliphatic rings.